The zero-order valence-electron chi connectivity index (χ0n) is 14.0. The number of halogens is 3. The van der Waals surface area contributed by atoms with Crippen LogP contribution in [0.3, 0.4) is 0 Å². The van der Waals surface area contributed by atoms with Crippen molar-refractivity contribution in [1.82, 2.24) is 10.1 Å². The molecule has 0 saturated heterocycles. The Bertz CT molecular complexity index is 1020. The first-order valence-corrected chi connectivity index (χ1v) is 8.65. The molecule has 0 bridgehead atoms. The van der Waals surface area contributed by atoms with E-state index in [2.05, 4.69) is 10.1 Å². The molecule has 4 rings (SSSR count). The van der Waals surface area contributed by atoms with Crippen molar-refractivity contribution in [3.63, 3.8) is 0 Å². The van der Waals surface area contributed by atoms with Crippen molar-refractivity contribution in [2.24, 2.45) is 0 Å². The van der Waals surface area contributed by atoms with Crippen molar-refractivity contribution >= 4 is 11.6 Å². The minimum atomic E-state index is -0.875. The third-order valence-corrected chi connectivity index (χ3v) is 4.92. The van der Waals surface area contributed by atoms with Crippen LogP contribution in [0.2, 0.25) is 5.02 Å². The highest BCUT2D eigenvalue weighted by Gasteiger charge is 2.27. The van der Waals surface area contributed by atoms with Crippen molar-refractivity contribution < 1.29 is 23.5 Å². The predicted molar refractivity (Wildman–Crippen MR) is 94.5 cm³/mol. The molecule has 0 unspecified atom stereocenters. The molecule has 0 aliphatic carbocycles. The van der Waals surface area contributed by atoms with E-state index in [-0.39, 0.29) is 16.5 Å². The van der Waals surface area contributed by atoms with Crippen LogP contribution in [-0.2, 0) is 19.5 Å². The first-order chi connectivity index (χ1) is 12.9. The van der Waals surface area contributed by atoms with E-state index in [4.69, 9.17) is 16.1 Å². The van der Waals surface area contributed by atoms with Gasteiger partial charge in [0.15, 0.2) is 17.4 Å². The number of phenolic OH excluding ortho intramolecular Hbond substituents is 2. The van der Waals surface area contributed by atoms with E-state index in [9.17, 15) is 19.0 Å². The molecule has 2 aromatic carbocycles. The lowest BCUT2D eigenvalue weighted by Gasteiger charge is -2.26. The summed E-state index contributed by atoms with van der Waals surface area (Å²) in [7, 11) is 0. The predicted octanol–water partition coefficient (Wildman–Crippen LogP) is 4.24. The zero-order valence-corrected chi connectivity index (χ0v) is 14.8. The van der Waals surface area contributed by atoms with Gasteiger partial charge in [0, 0.05) is 37.7 Å². The molecule has 1 aromatic heterocycles. The van der Waals surface area contributed by atoms with Gasteiger partial charge in [0.1, 0.15) is 11.5 Å². The second kappa shape index (κ2) is 6.83. The molecular weight excluding hydrogens is 378 g/mol. The maximum absolute atomic E-state index is 13.4. The van der Waals surface area contributed by atoms with E-state index in [1.807, 2.05) is 0 Å². The molecule has 27 heavy (non-hydrogen) atoms. The summed E-state index contributed by atoms with van der Waals surface area (Å²) in [5, 5.41) is 23.9. The number of rotatable bonds is 3. The highest BCUT2D eigenvalue weighted by Crippen LogP contribution is 2.40. The molecule has 0 saturated carbocycles. The number of hydrogen-bond acceptors (Lipinski definition) is 5. The Morgan fingerprint density at radius 1 is 1.11 bits per heavy atom. The third kappa shape index (κ3) is 3.36. The van der Waals surface area contributed by atoms with Crippen LogP contribution < -0.4 is 0 Å². The van der Waals surface area contributed by atoms with Gasteiger partial charge in [-0.05, 0) is 23.8 Å². The van der Waals surface area contributed by atoms with Crippen molar-refractivity contribution in [3.8, 4) is 22.8 Å². The molecule has 1 aliphatic rings. The minimum Gasteiger partial charge on any atom is -0.507 e. The molecule has 5 nitrogen and oxygen atoms in total. The second-order valence-electron chi connectivity index (χ2n) is 6.47. The Balaban J connectivity index is 1.62. The molecule has 0 radical (unpaired) electrons. The van der Waals surface area contributed by atoms with Crippen LogP contribution in [-0.4, -0.2) is 26.8 Å². The van der Waals surface area contributed by atoms with Crippen molar-refractivity contribution in [2.75, 3.05) is 6.54 Å². The number of benzene rings is 2. The summed E-state index contributed by atoms with van der Waals surface area (Å²) in [6, 6.07) is 6.41. The Kier molecular flexibility index (Phi) is 4.49. The monoisotopic (exact) mass is 392 g/mol. The van der Waals surface area contributed by atoms with Gasteiger partial charge in [0.05, 0.1) is 16.3 Å². The van der Waals surface area contributed by atoms with Gasteiger partial charge in [0.25, 0.3) is 0 Å². The Morgan fingerprint density at radius 2 is 1.93 bits per heavy atom. The molecule has 0 fully saturated rings. The van der Waals surface area contributed by atoms with Gasteiger partial charge < -0.3 is 14.7 Å². The summed E-state index contributed by atoms with van der Waals surface area (Å²) in [5.74, 6) is -1.78. The van der Waals surface area contributed by atoms with Crippen LogP contribution in [0.15, 0.2) is 34.9 Å². The van der Waals surface area contributed by atoms with E-state index < -0.39 is 11.6 Å². The lowest BCUT2D eigenvalue weighted by atomic mass is 10.0. The standard InChI is InChI=1S/C19H15ClF2N2O3/c20-13-6-11(17(25)7-18(13)26)19-12-9-24(4-3-16(12)23-27-19)8-10-1-2-14(21)15(22)5-10/h1-2,5-7,25-26H,3-4,8-9H2. The van der Waals surface area contributed by atoms with Gasteiger partial charge in [-0.3, -0.25) is 4.90 Å². The van der Waals surface area contributed by atoms with Gasteiger partial charge in [-0.25, -0.2) is 8.78 Å². The fraction of sp³-hybridized carbons (Fsp3) is 0.211. The van der Waals surface area contributed by atoms with Crippen LogP contribution >= 0.6 is 11.6 Å². The fourth-order valence-electron chi connectivity index (χ4n) is 3.24. The number of aromatic hydroxyl groups is 2. The van der Waals surface area contributed by atoms with Crippen LogP contribution in [0.1, 0.15) is 16.8 Å². The van der Waals surface area contributed by atoms with Gasteiger partial charge in [-0.2, -0.15) is 0 Å². The number of nitrogens with zero attached hydrogens (tertiary/aromatic N) is 2. The smallest absolute Gasteiger partial charge is 0.175 e. The summed E-state index contributed by atoms with van der Waals surface area (Å²) in [4.78, 5) is 2.05. The molecule has 0 atom stereocenters. The lowest BCUT2D eigenvalue weighted by molar-refractivity contribution is 0.244. The summed E-state index contributed by atoms with van der Waals surface area (Å²) < 4.78 is 32.0. The van der Waals surface area contributed by atoms with Crippen LogP contribution in [0, 0.1) is 11.6 Å². The number of phenols is 2. The molecule has 0 spiro atoms. The molecule has 2 heterocycles. The van der Waals surface area contributed by atoms with Gasteiger partial charge in [-0.1, -0.05) is 22.8 Å². The average molecular weight is 393 g/mol. The first-order valence-electron chi connectivity index (χ1n) is 8.28. The van der Waals surface area contributed by atoms with Crippen LogP contribution in [0.4, 0.5) is 8.78 Å². The summed E-state index contributed by atoms with van der Waals surface area (Å²) >= 11 is 5.95. The number of aromatic nitrogens is 1. The largest absolute Gasteiger partial charge is 0.507 e. The Hall–Kier alpha value is -2.64. The lowest BCUT2D eigenvalue weighted by Crippen LogP contribution is -2.30. The molecule has 8 heteroatoms. The molecule has 2 N–H and O–H groups in total. The quantitative estimate of drug-likeness (QED) is 0.697. The first kappa shape index (κ1) is 17.8. The highest BCUT2D eigenvalue weighted by atomic mass is 35.5. The molecule has 0 amide bonds. The van der Waals surface area contributed by atoms with Crippen molar-refractivity contribution in [2.45, 2.75) is 19.5 Å². The Labute approximate surface area is 158 Å². The maximum atomic E-state index is 13.4. The van der Waals surface area contributed by atoms with Crippen molar-refractivity contribution in [3.05, 3.63) is 63.8 Å². The second-order valence-corrected chi connectivity index (χ2v) is 6.87. The fourth-order valence-corrected chi connectivity index (χ4v) is 3.41. The van der Waals surface area contributed by atoms with E-state index in [1.165, 1.54) is 12.1 Å². The van der Waals surface area contributed by atoms with E-state index >= 15 is 0 Å². The van der Waals surface area contributed by atoms with Crippen LogP contribution in [0.25, 0.3) is 11.3 Å². The zero-order chi connectivity index (χ0) is 19.1. The third-order valence-electron chi connectivity index (χ3n) is 4.62. The minimum absolute atomic E-state index is 0.0856. The topological polar surface area (TPSA) is 69.7 Å². The average Bonchev–Trinajstić information content (AvgIpc) is 3.04. The molecule has 3 aromatic rings. The Morgan fingerprint density at radius 3 is 2.70 bits per heavy atom. The SMILES string of the molecule is Oc1cc(O)c(-c2onc3c2CN(Cc2ccc(F)c(F)c2)CC3)cc1Cl. The number of fused-ring (bicyclic) bond motifs is 1. The van der Waals surface area contributed by atoms with Gasteiger partial charge >= 0.3 is 0 Å². The summed E-state index contributed by atoms with van der Waals surface area (Å²) in [6.07, 6.45) is 0.620. The molecule has 140 valence electrons. The van der Waals surface area contributed by atoms with Crippen molar-refractivity contribution in [1.29, 1.82) is 0 Å². The molecule has 1 aliphatic heterocycles. The van der Waals surface area contributed by atoms with E-state index in [0.29, 0.717) is 42.9 Å². The van der Waals surface area contributed by atoms with E-state index in [0.717, 1.165) is 23.4 Å². The van der Waals surface area contributed by atoms with E-state index in [1.54, 1.807) is 6.07 Å². The van der Waals surface area contributed by atoms with Gasteiger partial charge in [0.2, 0.25) is 0 Å². The highest BCUT2D eigenvalue weighted by molar-refractivity contribution is 6.32. The number of hydrogen-bond donors (Lipinski definition) is 2. The summed E-state index contributed by atoms with van der Waals surface area (Å²) in [5.41, 5.74) is 2.56. The summed E-state index contributed by atoms with van der Waals surface area (Å²) in [6.45, 7) is 1.58. The normalized spacial score (nSPS) is 14.3. The van der Waals surface area contributed by atoms with Gasteiger partial charge in [-0.15, -0.1) is 0 Å². The maximum Gasteiger partial charge on any atom is 0.175 e. The van der Waals surface area contributed by atoms with Crippen LogP contribution in [0.5, 0.6) is 11.5 Å². The molecular formula is C19H15ClF2N2O3.